The minimum Gasteiger partial charge on any atom is -0.466 e. The zero-order valence-electron chi connectivity index (χ0n) is 17.1. The van der Waals surface area contributed by atoms with Crippen molar-refractivity contribution in [1.82, 2.24) is 14.8 Å². The molecule has 166 valence electrons. The Morgan fingerprint density at radius 1 is 1.16 bits per heavy atom. The van der Waals surface area contributed by atoms with Crippen molar-refractivity contribution in [3.05, 3.63) is 70.7 Å². The normalized spacial score (nSPS) is 11.4. The number of sulfonamides is 1. The van der Waals surface area contributed by atoms with Gasteiger partial charge in [0.05, 0.1) is 30.1 Å². The molecule has 0 amide bonds. The molecule has 4 rings (SSSR count). The van der Waals surface area contributed by atoms with Crippen LogP contribution in [0.2, 0.25) is 0 Å². The highest BCUT2D eigenvalue weighted by molar-refractivity contribution is 7.93. The molecular formula is C21H20N4O4S3. The lowest BCUT2D eigenvalue weighted by Crippen LogP contribution is -2.13. The molecule has 0 bridgehead atoms. The Hall–Kier alpha value is -3.02. The first-order valence-electron chi connectivity index (χ1n) is 9.72. The van der Waals surface area contributed by atoms with Crippen LogP contribution < -0.4 is 4.72 Å². The number of aromatic nitrogens is 3. The third kappa shape index (κ3) is 5.23. The second kappa shape index (κ2) is 9.63. The third-order valence-electron chi connectivity index (χ3n) is 4.36. The Morgan fingerprint density at radius 2 is 1.97 bits per heavy atom. The number of thiophene rings is 1. The summed E-state index contributed by atoms with van der Waals surface area (Å²) in [6, 6.07) is 13.4. The zero-order valence-corrected chi connectivity index (χ0v) is 19.5. The van der Waals surface area contributed by atoms with Gasteiger partial charge in [-0.05, 0) is 23.9 Å². The average Bonchev–Trinajstić information content (AvgIpc) is 3.50. The molecule has 0 aliphatic rings. The highest BCUT2D eigenvalue weighted by atomic mass is 32.2. The fourth-order valence-electron chi connectivity index (χ4n) is 3.00. The van der Waals surface area contributed by atoms with Gasteiger partial charge in [-0.15, -0.1) is 22.7 Å². The molecule has 8 nitrogen and oxygen atoms in total. The summed E-state index contributed by atoms with van der Waals surface area (Å²) in [5.41, 5.74) is 1.84. The van der Waals surface area contributed by atoms with Crippen LogP contribution in [-0.2, 0) is 32.5 Å². The second-order valence-electron chi connectivity index (χ2n) is 6.73. The lowest BCUT2D eigenvalue weighted by atomic mass is 10.2. The van der Waals surface area contributed by atoms with Gasteiger partial charge in [0.1, 0.15) is 10.6 Å². The number of anilines is 1. The average molecular weight is 489 g/mol. The smallest absolute Gasteiger partial charge is 0.311 e. The SMILES string of the molecule is CCOC(=O)Cc1csc(NS(=O)(=O)c2cn(Cc3ccccc3)nc2-c2cccs2)n1. The highest BCUT2D eigenvalue weighted by Gasteiger charge is 2.25. The maximum absolute atomic E-state index is 13.2. The number of nitrogens with zero attached hydrogens (tertiary/aromatic N) is 3. The molecule has 3 heterocycles. The Morgan fingerprint density at radius 3 is 2.69 bits per heavy atom. The molecule has 0 atom stereocenters. The number of thiazole rings is 1. The largest absolute Gasteiger partial charge is 0.466 e. The van der Waals surface area contributed by atoms with E-state index in [9.17, 15) is 13.2 Å². The predicted octanol–water partition coefficient (Wildman–Crippen LogP) is 4.02. The van der Waals surface area contributed by atoms with Gasteiger partial charge in [-0.25, -0.2) is 13.4 Å². The van der Waals surface area contributed by atoms with E-state index in [1.807, 2.05) is 47.8 Å². The lowest BCUT2D eigenvalue weighted by Gasteiger charge is -2.04. The molecule has 0 aliphatic heterocycles. The van der Waals surface area contributed by atoms with Crippen LogP contribution >= 0.6 is 22.7 Å². The van der Waals surface area contributed by atoms with Crippen LogP contribution in [0.4, 0.5) is 5.13 Å². The van der Waals surface area contributed by atoms with Crippen molar-refractivity contribution in [1.29, 1.82) is 0 Å². The molecule has 0 saturated heterocycles. The Kier molecular flexibility index (Phi) is 6.68. The van der Waals surface area contributed by atoms with E-state index in [0.29, 0.717) is 17.9 Å². The van der Waals surface area contributed by atoms with Crippen molar-refractivity contribution in [2.24, 2.45) is 0 Å². The molecule has 32 heavy (non-hydrogen) atoms. The number of benzene rings is 1. The first-order valence-corrected chi connectivity index (χ1v) is 13.0. The van der Waals surface area contributed by atoms with Crippen LogP contribution in [0.1, 0.15) is 18.2 Å². The van der Waals surface area contributed by atoms with Gasteiger partial charge in [-0.2, -0.15) is 5.10 Å². The summed E-state index contributed by atoms with van der Waals surface area (Å²) in [6.45, 7) is 2.44. The predicted molar refractivity (Wildman–Crippen MR) is 124 cm³/mol. The van der Waals surface area contributed by atoms with E-state index in [1.165, 1.54) is 17.5 Å². The number of nitrogens with one attached hydrogen (secondary N) is 1. The van der Waals surface area contributed by atoms with Gasteiger partial charge in [0.2, 0.25) is 0 Å². The standard InChI is InChI=1S/C21H20N4O4S3/c1-2-29-19(26)11-16-14-31-21(22-16)24-32(27,28)18-13-25(12-15-7-4-3-5-8-15)23-20(18)17-9-6-10-30-17/h3-10,13-14H,2,11-12H2,1H3,(H,22,24). The number of carbonyl (C=O) groups excluding carboxylic acids is 1. The summed E-state index contributed by atoms with van der Waals surface area (Å²) in [6.07, 6.45) is 1.51. The molecule has 1 N–H and O–H groups in total. The summed E-state index contributed by atoms with van der Waals surface area (Å²) in [5, 5.41) is 8.23. The minimum atomic E-state index is -3.96. The summed E-state index contributed by atoms with van der Waals surface area (Å²) in [7, 11) is -3.96. The molecule has 0 radical (unpaired) electrons. The topological polar surface area (TPSA) is 103 Å². The highest BCUT2D eigenvalue weighted by Crippen LogP contribution is 2.31. The number of esters is 1. The summed E-state index contributed by atoms with van der Waals surface area (Å²) < 4.78 is 35.5. The van der Waals surface area contributed by atoms with E-state index < -0.39 is 16.0 Å². The maximum Gasteiger partial charge on any atom is 0.311 e. The number of carbonyl (C=O) groups is 1. The first kappa shape index (κ1) is 22.2. The third-order valence-corrected chi connectivity index (χ3v) is 7.52. The van der Waals surface area contributed by atoms with Crippen LogP contribution in [-0.4, -0.2) is 35.8 Å². The van der Waals surface area contributed by atoms with Gasteiger partial charge in [0, 0.05) is 11.6 Å². The number of hydrogen-bond donors (Lipinski definition) is 1. The summed E-state index contributed by atoms with van der Waals surface area (Å²) in [4.78, 5) is 16.7. The van der Waals surface area contributed by atoms with Crippen molar-refractivity contribution in [3.63, 3.8) is 0 Å². The van der Waals surface area contributed by atoms with Crippen molar-refractivity contribution >= 4 is 43.8 Å². The maximum atomic E-state index is 13.2. The van der Waals surface area contributed by atoms with E-state index in [4.69, 9.17) is 4.74 Å². The van der Waals surface area contributed by atoms with Gasteiger partial charge >= 0.3 is 5.97 Å². The molecule has 0 fully saturated rings. The van der Waals surface area contributed by atoms with E-state index >= 15 is 0 Å². The molecule has 4 aromatic rings. The molecule has 0 saturated carbocycles. The van der Waals surface area contributed by atoms with E-state index in [2.05, 4.69) is 14.8 Å². The van der Waals surface area contributed by atoms with E-state index in [-0.39, 0.29) is 23.1 Å². The molecule has 1 aromatic carbocycles. The van der Waals surface area contributed by atoms with Gasteiger partial charge in [0.15, 0.2) is 5.13 Å². The van der Waals surface area contributed by atoms with Crippen molar-refractivity contribution in [2.45, 2.75) is 24.8 Å². The second-order valence-corrected chi connectivity index (χ2v) is 10.2. The van der Waals surface area contributed by atoms with E-state index in [0.717, 1.165) is 21.8 Å². The number of rotatable bonds is 9. The van der Waals surface area contributed by atoms with Crippen molar-refractivity contribution < 1.29 is 17.9 Å². The monoisotopic (exact) mass is 488 g/mol. The summed E-state index contributed by atoms with van der Waals surface area (Å²) >= 11 is 2.53. The van der Waals surface area contributed by atoms with Crippen LogP contribution in [0.15, 0.2) is 64.3 Å². The Labute approximate surface area is 193 Å². The molecule has 11 heteroatoms. The van der Waals surface area contributed by atoms with Crippen LogP contribution in [0.25, 0.3) is 10.6 Å². The van der Waals surface area contributed by atoms with Crippen molar-refractivity contribution in [3.8, 4) is 10.6 Å². The van der Waals surface area contributed by atoms with Gasteiger partial charge in [-0.1, -0.05) is 36.4 Å². The Balaban J connectivity index is 1.61. The molecular weight excluding hydrogens is 468 g/mol. The molecule has 0 spiro atoms. The molecule has 0 aliphatic carbocycles. The van der Waals surface area contributed by atoms with Gasteiger partial charge < -0.3 is 4.74 Å². The van der Waals surface area contributed by atoms with Crippen LogP contribution in [0, 0.1) is 0 Å². The van der Waals surface area contributed by atoms with Crippen molar-refractivity contribution in [2.75, 3.05) is 11.3 Å². The minimum absolute atomic E-state index is 0.0124. The van der Waals surface area contributed by atoms with Gasteiger partial charge in [-0.3, -0.25) is 14.2 Å². The number of hydrogen-bond acceptors (Lipinski definition) is 8. The lowest BCUT2D eigenvalue weighted by molar-refractivity contribution is -0.142. The zero-order chi connectivity index (χ0) is 22.6. The quantitative estimate of drug-likeness (QED) is 0.357. The molecule has 3 aromatic heterocycles. The number of ether oxygens (including phenoxy) is 1. The Bertz CT molecular complexity index is 1300. The first-order chi connectivity index (χ1) is 15.4. The van der Waals surface area contributed by atoms with Crippen LogP contribution in [0.5, 0.6) is 0 Å². The molecule has 0 unspecified atom stereocenters. The fourth-order valence-corrected chi connectivity index (χ4v) is 5.91. The van der Waals surface area contributed by atoms with Gasteiger partial charge in [0.25, 0.3) is 10.0 Å². The summed E-state index contributed by atoms with van der Waals surface area (Å²) in [5.74, 6) is -0.408. The fraction of sp³-hybridized carbons (Fsp3) is 0.190. The van der Waals surface area contributed by atoms with Crippen LogP contribution in [0.3, 0.4) is 0 Å². The van der Waals surface area contributed by atoms with E-state index in [1.54, 1.807) is 17.0 Å².